The highest BCUT2D eigenvalue weighted by molar-refractivity contribution is 5.91. The molecule has 43 heavy (non-hydrogen) atoms. The summed E-state index contributed by atoms with van der Waals surface area (Å²) >= 11 is 0. The van der Waals surface area contributed by atoms with Crippen LogP contribution in [0.25, 0.3) is 6.08 Å². The molecule has 3 aromatic carbocycles. The second-order valence-corrected chi connectivity index (χ2v) is 9.59. The van der Waals surface area contributed by atoms with Gasteiger partial charge >= 0.3 is 24.2 Å². The van der Waals surface area contributed by atoms with Gasteiger partial charge in [-0.05, 0) is 85.4 Å². The number of aryl methyl sites for hydroxylation is 1. The number of alkyl halides is 5. The predicted octanol–water partition coefficient (Wildman–Crippen LogP) is 7.06. The van der Waals surface area contributed by atoms with Crippen LogP contribution in [-0.2, 0) is 26.8 Å². The number of hydrogen-bond donors (Lipinski definition) is 2. The number of carbonyl (C=O) groups excluding carboxylic acids is 2. The first-order valence-electron chi connectivity index (χ1n) is 13.3. The summed E-state index contributed by atoms with van der Waals surface area (Å²) < 4.78 is 81.1. The molecule has 0 amide bonds. The third kappa shape index (κ3) is 11.7. The topological polar surface area (TPSA) is 114 Å². The monoisotopic (exact) mass is 606 g/mol. The third-order valence-corrected chi connectivity index (χ3v) is 5.98. The van der Waals surface area contributed by atoms with E-state index in [9.17, 15) is 31.5 Å². The first-order chi connectivity index (χ1) is 20.3. The maximum Gasteiger partial charge on any atom is 0.426 e. The van der Waals surface area contributed by atoms with Crippen LogP contribution in [0.5, 0.6) is 5.75 Å². The minimum Gasteiger partial charge on any atom is -0.463 e. The molecule has 3 rings (SSSR count). The molecule has 7 nitrogen and oxygen atoms in total. The number of nitrogen functional groups attached to an aromatic ring is 2. The Labute approximate surface area is 245 Å². The van der Waals surface area contributed by atoms with Crippen molar-refractivity contribution in [3.8, 4) is 5.75 Å². The van der Waals surface area contributed by atoms with Crippen molar-refractivity contribution < 1.29 is 45.8 Å². The fraction of sp³-hybridized carbons (Fsp3) is 0.290. The molecule has 12 heteroatoms. The van der Waals surface area contributed by atoms with E-state index in [1.165, 1.54) is 66.7 Å². The van der Waals surface area contributed by atoms with Gasteiger partial charge in [-0.2, -0.15) is 22.0 Å². The standard InChI is InChI=1S/C31H31F5N2O5/c32-30(33,34)15-3-4-21-5-10-24(11-6-21)31(35,36)43-27-12-7-22(8-13-27)9-14-28(39)41-16-1-2-17-42-29(40)23-18-25(37)20-26(38)19-23/h5-14,18-20H,1-4,15-17,37-38H2. The van der Waals surface area contributed by atoms with Crippen LogP contribution < -0.4 is 16.2 Å². The molecule has 0 heterocycles. The lowest BCUT2D eigenvalue weighted by molar-refractivity contribution is -0.185. The van der Waals surface area contributed by atoms with Gasteiger partial charge in [-0.3, -0.25) is 0 Å². The van der Waals surface area contributed by atoms with Crippen LogP contribution in [-0.4, -0.2) is 31.3 Å². The first kappa shape index (κ1) is 32.9. The van der Waals surface area contributed by atoms with Crippen LogP contribution in [0.2, 0.25) is 0 Å². The normalized spacial score (nSPS) is 11.8. The van der Waals surface area contributed by atoms with E-state index in [0.717, 1.165) is 12.1 Å². The van der Waals surface area contributed by atoms with Crippen LogP contribution >= 0.6 is 0 Å². The maximum atomic E-state index is 14.6. The van der Waals surface area contributed by atoms with Crippen molar-refractivity contribution in [3.63, 3.8) is 0 Å². The molecule has 230 valence electrons. The van der Waals surface area contributed by atoms with Crippen LogP contribution in [0.4, 0.5) is 33.3 Å². The molecule has 3 aromatic rings. The number of esters is 2. The number of ether oxygens (including phenoxy) is 3. The zero-order valence-electron chi connectivity index (χ0n) is 23.0. The number of rotatable bonds is 14. The fourth-order valence-corrected chi connectivity index (χ4v) is 3.84. The summed E-state index contributed by atoms with van der Waals surface area (Å²) in [7, 11) is 0. The van der Waals surface area contributed by atoms with Gasteiger partial charge in [0.25, 0.3) is 0 Å². The van der Waals surface area contributed by atoms with Gasteiger partial charge in [0.15, 0.2) is 0 Å². The van der Waals surface area contributed by atoms with Gasteiger partial charge in [-0.15, -0.1) is 0 Å². The highest BCUT2D eigenvalue weighted by Crippen LogP contribution is 2.32. The number of carbonyl (C=O) groups is 2. The second kappa shape index (κ2) is 15.0. The van der Waals surface area contributed by atoms with Crippen LogP contribution in [0.3, 0.4) is 0 Å². The van der Waals surface area contributed by atoms with Crippen molar-refractivity contribution in [1.82, 2.24) is 0 Å². The molecular formula is C31H31F5N2O5. The Morgan fingerprint density at radius 2 is 1.37 bits per heavy atom. The van der Waals surface area contributed by atoms with Crippen molar-refractivity contribution >= 4 is 29.4 Å². The molecule has 0 spiro atoms. The number of halogens is 5. The zero-order chi connectivity index (χ0) is 31.5. The van der Waals surface area contributed by atoms with Crippen molar-refractivity contribution in [2.45, 2.75) is 44.4 Å². The number of benzene rings is 3. The number of unbranched alkanes of at least 4 members (excludes halogenated alkanes) is 1. The van der Waals surface area contributed by atoms with E-state index in [1.807, 2.05) is 0 Å². The van der Waals surface area contributed by atoms with E-state index < -0.39 is 36.2 Å². The Hall–Kier alpha value is -4.61. The van der Waals surface area contributed by atoms with Gasteiger partial charge in [-0.1, -0.05) is 24.3 Å². The van der Waals surface area contributed by atoms with Crippen molar-refractivity contribution in [2.24, 2.45) is 0 Å². The lowest BCUT2D eigenvalue weighted by atomic mass is 10.1. The molecule has 0 atom stereocenters. The van der Waals surface area contributed by atoms with E-state index in [4.69, 9.17) is 25.7 Å². The summed E-state index contributed by atoms with van der Waals surface area (Å²) in [6.45, 7) is 0.216. The predicted molar refractivity (Wildman–Crippen MR) is 151 cm³/mol. The average Bonchev–Trinajstić information content (AvgIpc) is 2.93. The average molecular weight is 607 g/mol. The zero-order valence-corrected chi connectivity index (χ0v) is 23.0. The molecule has 0 unspecified atom stereocenters. The van der Waals surface area contributed by atoms with Gasteiger partial charge in [-0.25, -0.2) is 9.59 Å². The Balaban J connectivity index is 1.37. The molecule has 0 fully saturated rings. The number of nitrogens with two attached hydrogens (primary N) is 2. The Morgan fingerprint density at radius 3 is 1.98 bits per heavy atom. The molecule has 0 saturated carbocycles. The van der Waals surface area contributed by atoms with Crippen molar-refractivity contribution in [3.05, 3.63) is 95.1 Å². The maximum absolute atomic E-state index is 14.6. The van der Waals surface area contributed by atoms with Crippen molar-refractivity contribution in [2.75, 3.05) is 24.7 Å². The molecule has 4 N–H and O–H groups in total. The summed E-state index contributed by atoms with van der Waals surface area (Å²) in [6.07, 6.45) is -5.34. The summed E-state index contributed by atoms with van der Waals surface area (Å²) in [4.78, 5) is 24.0. The molecular weight excluding hydrogens is 575 g/mol. The SMILES string of the molecule is Nc1cc(N)cc(C(=O)OCCCCOC(=O)C=Cc2ccc(OC(F)(F)c3ccc(CCCC(F)(F)F)cc3)cc2)c1. The van der Waals surface area contributed by atoms with Gasteiger partial charge in [0, 0.05) is 23.9 Å². The van der Waals surface area contributed by atoms with Crippen LogP contribution in [0, 0.1) is 0 Å². The largest absolute Gasteiger partial charge is 0.463 e. The lowest BCUT2D eigenvalue weighted by Crippen LogP contribution is -2.21. The Kier molecular flexibility index (Phi) is 11.5. The van der Waals surface area contributed by atoms with E-state index in [2.05, 4.69) is 0 Å². The van der Waals surface area contributed by atoms with E-state index in [0.29, 0.717) is 35.3 Å². The molecule has 0 bridgehead atoms. The molecule has 0 saturated heterocycles. The summed E-state index contributed by atoms with van der Waals surface area (Å²) in [6, 6.07) is 15.0. The molecule has 0 aliphatic heterocycles. The summed E-state index contributed by atoms with van der Waals surface area (Å²) in [5.74, 6) is -1.30. The first-order valence-corrected chi connectivity index (χ1v) is 13.3. The lowest BCUT2D eigenvalue weighted by Gasteiger charge is -2.18. The van der Waals surface area contributed by atoms with Gasteiger partial charge in [0.2, 0.25) is 0 Å². The molecule has 0 radical (unpaired) electrons. The van der Waals surface area contributed by atoms with Crippen LogP contribution in [0.1, 0.15) is 52.7 Å². The molecule has 0 aliphatic carbocycles. The molecule has 0 aliphatic rings. The fourth-order valence-electron chi connectivity index (χ4n) is 3.84. The Bertz CT molecular complexity index is 1370. The van der Waals surface area contributed by atoms with E-state index in [-0.39, 0.29) is 37.4 Å². The van der Waals surface area contributed by atoms with E-state index >= 15 is 0 Å². The van der Waals surface area contributed by atoms with E-state index in [1.54, 1.807) is 0 Å². The number of anilines is 2. The summed E-state index contributed by atoms with van der Waals surface area (Å²) in [5, 5.41) is 0. The quantitative estimate of drug-likeness (QED) is 0.0664. The second-order valence-electron chi connectivity index (χ2n) is 9.59. The van der Waals surface area contributed by atoms with Crippen molar-refractivity contribution in [1.29, 1.82) is 0 Å². The third-order valence-electron chi connectivity index (χ3n) is 5.98. The summed E-state index contributed by atoms with van der Waals surface area (Å²) in [5.41, 5.74) is 12.9. The van der Waals surface area contributed by atoms with Gasteiger partial charge < -0.3 is 25.7 Å². The van der Waals surface area contributed by atoms with Crippen LogP contribution in [0.15, 0.2) is 72.8 Å². The smallest absolute Gasteiger partial charge is 0.426 e. The minimum atomic E-state index is -4.26. The number of hydrogen-bond acceptors (Lipinski definition) is 7. The minimum absolute atomic E-state index is 0.0996. The highest BCUT2D eigenvalue weighted by Gasteiger charge is 2.34. The Morgan fingerprint density at radius 1 is 0.767 bits per heavy atom. The van der Waals surface area contributed by atoms with Gasteiger partial charge in [0.05, 0.1) is 24.3 Å². The highest BCUT2D eigenvalue weighted by atomic mass is 19.4. The molecule has 0 aromatic heterocycles. The van der Waals surface area contributed by atoms with Gasteiger partial charge in [0.1, 0.15) is 5.75 Å².